The van der Waals surface area contributed by atoms with Gasteiger partial charge in [0, 0.05) is 19.6 Å². The molecular formula is C15H27ClN4O3. The van der Waals surface area contributed by atoms with E-state index < -0.39 is 5.54 Å². The minimum atomic E-state index is -0.714. The zero-order chi connectivity index (χ0) is 16.3. The van der Waals surface area contributed by atoms with Gasteiger partial charge in [0.15, 0.2) is 0 Å². The Bertz CT molecular complexity index is 466. The van der Waals surface area contributed by atoms with Gasteiger partial charge in [-0.05, 0) is 26.8 Å². The maximum Gasteiger partial charge on any atom is 0.327 e. The molecule has 8 heteroatoms. The Morgan fingerprint density at radius 2 is 1.87 bits per heavy atom. The van der Waals surface area contributed by atoms with Gasteiger partial charge in [0.2, 0.25) is 5.91 Å². The normalized spacial score (nSPS) is 21.3. The summed E-state index contributed by atoms with van der Waals surface area (Å²) in [6.07, 6.45) is 4.39. The number of imide groups is 1. The van der Waals surface area contributed by atoms with Gasteiger partial charge in [0.05, 0.1) is 0 Å². The molecule has 1 heterocycles. The lowest BCUT2D eigenvalue weighted by molar-refractivity contribution is -0.137. The third kappa shape index (κ3) is 3.77. The Hall–Kier alpha value is -1.34. The maximum atomic E-state index is 12.7. The Balaban J connectivity index is 0.00000264. The molecule has 1 saturated heterocycles. The second kappa shape index (κ2) is 7.97. The van der Waals surface area contributed by atoms with Gasteiger partial charge in [-0.25, -0.2) is 4.79 Å². The van der Waals surface area contributed by atoms with Gasteiger partial charge in [-0.1, -0.05) is 19.3 Å². The average molecular weight is 347 g/mol. The van der Waals surface area contributed by atoms with Crippen LogP contribution in [-0.2, 0) is 9.59 Å². The van der Waals surface area contributed by atoms with Crippen molar-refractivity contribution in [2.45, 2.75) is 50.6 Å². The molecule has 2 fully saturated rings. The van der Waals surface area contributed by atoms with Gasteiger partial charge in [-0.15, -0.1) is 12.4 Å². The quantitative estimate of drug-likeness (QED) is 0.719. The molecule has 2 aliphatic rings. The fourth-order valence-electron chi connectivity index (χ4n) is 3.24. The highest BCUT2D eigenvalue weighted by atomic mass is 35.5. The maximum absolute atomic E-state index is 12.7. The molecule has 1 unspecified atom stereocenters. The van der Waals surface area contributed by atoms with E-state index in [0.29, 0.717) is 19.4 Å². The average Bonchev–Trinajstić information content (AvgIpc) is 2.70. The lowest BCUT2D eigenvalue weighted by atomic mass is 9.81. The molecule has 1 spiro atoms. The van der Waals surface area contributed by atoms with Gasteiger partial charge in [0.25, 0.3) is 5.91 Å². The zero-order valence-corrected chi connectivity index (χ0v) is 14.9. The summed E-state index contributed by atoms with van der Waals surface area (Å²) in [6, 6.07) is -0.218. The summed E-state index contributed by atoms with van der Waals surface area (Å²) < 4.78 is 0. The van der Waals surface area contributed by atoms with Gasteiger partial charge in [0.1, 0.15) is 12.1 Å². The molecule has 1 aliphatic heterocycles. The second-order valence-electron chi connectivity index (χ2n) is 6.32. The molecule has 23 heavy (non-hydrogen) atoms. The summed E-state index contributed by atoms with van der Waals surface area (Å²) in [5.41, 5.74) is -0.714. The fourth-order valence-corrected chi connectivity index (χ4v) is 3.24. The Morgan fingerprint density at radius 1 is 1.26 bits per heavy atom. The number of nitrogens with zero attached hydrogens (tertiary/aromatic N) is 2. The number of hydrogen-bond donors (Lipinski definition) is 2. The van der Waals surface area contributed by atoms with Crippen LogP contribution in [0.3, 0.4) is 0 Å². The Morgan fingerprint density at radius 3 is 2.43 bits per heavy atom. The van der Waals surface area contributed by atoms with Crippen LogP contribution in [0, 0.1) is 0 Å². The molecular weight excluding hydrogens is 320 g/mol. The van der Waals surface area contributed by atoms with E-state index >= 15 is 0 Å². The standard InChI is InChI=1S/C15H26N4O3.ClH/c1-11(16-2)9-17-12(20)10-19-13(21)15(18(3)14(19)22)7-5-4-6-8-15;/h11,16H,4-10H2,1-3H3,(H,17,20);1H. The van der Waals surface area contributed by atoms with Crippen molar-refractivity contribution in [2.24, 2.45) is 0 Å². The number of halogens is 1. The Labute approximate surface area is 143 Å². The lowest BCUT2D eigenvalue weighted by Gasteiger charge is -2.35. The monoisotopic (exact) mass is 346 g/mol. The van der Waals surface area contributed by atoms with E-state index in [1.54, 1.807) is 7.05 Å². The van der Waals surface area contributed by atoms with Gasteiger partial charge in [-0.2, -0.15) is 0 Å². The second-order valence-corrected chi connectivity index (χ2v) is 6.32. The predicted molar refractivity (Wildman–Crippen MR) is 89.5 cm³/mol. The largest absolute Gasteiger partial charge is 0.353 e. The molecule has 0 aromatic heterocycles. The molecule has 1 saturated carbocycles. The Kier molecular flexibility index (Phi) is 6.83. The third-order valence-electron chi connectivity index (χ3n) is 4.88. The molecule has 2 N–H and O–H groups in total. The minimum absolute atomic E-state index is 0. The number of likely N-dealkylation sites (N-methyl/N-ethyl adjacent to an activating group) is 2. The minimum Gasteiger partial charge on any atom is -0.353 e. The van der Waals surface area contributed by atoms with Crippen molar-refractivity contribution in [3.63, 3.8) is 0 Å². The molecule has 2 rings (SSSR count). The number of nitrogens with one attached hydrogen (secondary N) is 2. The summed E-state index contributed by atoms with van der Waals surface area (Å²) in [4.78, 5) is 39.7. The van der Waals surface area contributed by atoms with Crippen molar-refractivity contribution in [1.29, 1.82) is 0 Å². The number of carbonyl (C=O) groups is 3. The first-order valence-corrected chi connectivity index (χ1v) is 7.96. The molecule has 0 aromatic carbocycles. The fraction of sp³-hybridized carbons (Fsp3) is 0.800. The first kappa shape index (κ1) is 19.7. The molecule has 7 nitrogen and oxygen atoms in total. The van der Waals surface area contributed by atoms with Crippen LogP contribution in [0.1, 0.15) is 39.0 Å². The summed E-state index contributed by atoms with van der Waals surface area (Å²) in [5.74, 6) is -0.512. The number of hydrogen-bond acceptors (Lipinski definition) is 4. The van der Waals surface area contributed by atoms with Gasteiger partial charge < -0.3 is 15.5 Å². The predicted octanol–water partition coefficient (Wildman–Crippen LogP) is 0.729. The van der Waals surface area contributed by atoms with E-state index in [9.17, 15) is 14.4 Å². The van der Waals surface area contributed by atoms with Crippen LogP contribution in [0.4, 0.5) is 4.79 Å². The summed E-state index contributed by atoms with van der Waals surface area (Å²) in [6.45, 7) is 2.21. The molecule has 4 amide bonds. The van der Waals surface area contributed by atoms with Crippen LogP contribution >= 0.6 is 12.4 Å². The van der Waals surface area contributed by atoms with Gasteiger partial charge >= 0.3 is 6.03 Å². The highest BCUT2D eigenvalue weighted by Gasteiger charge is 2.55. The van der Waals surface area contributed by atoms with Crippen molar-refractivity contribution in [2.75, 3.05) is 27.2 Å². The molecule has 0 radical (unpaired) electrons. The molecule has 1 atom stereocenters. The number of amides is 4. The third-order valence-corrected chi connectivity index (χ3v) is 4.88. The van der Waals surface area contributed by atoms with Crippen LogP contribution in [0.5, 0.6) is 0 Å². The highest BCUT2D eigenvalue weighted by molar-refractivity contribution is 6.08. The van der Waals surface area contributed by atoms with E-state index in [0.717, 1.165) is 24.2 Å². The van der Waals surface area contributed by atoms with Crippen molar-refractivity contribution >= 4 is 30.3 Å². The number of rotatable bonds is 5. The zero-order valence-electron chi connectivity index (χ0n) is 14.1. The first-order valence-electron chi connectivity index (χ1n) is 7.96. The number of urea groups is 1. The first-order chi connectivity index (χ1) is 10.4. The van der Waals surface area contributed by atoms with Crippen LogP contribution in [0.25, 0.3) is 0 Å². The smallest absolute Gasteiger partial charge is 0.327 e. The van der Waals surface area contributed by atoms with E-state index in [-0.39, 0.29) is 42.8 Å². The lowest BCUT2D eigenvalue weighted by Crippen LogP contribution is -2.49. The van der Waals surface area contributed by atoms with Crippen LogP contribution in [-0.4, -0.2) is 66.4 Å². The van der Waals surface area contributed by atoms with Crippen LogP contribution in [0.2, 0.25) is 0 Å². The van der Waals surface area contributed by atoms with Crippen LogP contribution < -0.4 is 10.6 Å². The van der Waals surface area contributed by atoms with E-state index in [4.69, 9.17) is 0 Å². The highest BCUT2D eigenvalue weighted by Crippen LogP contribution is 2.39. The molecule has 0 aromatic rings. The van der Waals surface area contributed by atoms with Crippen LogP contribution in [0.15, 0.2) is 0 Å². The van der Waals surface area contributed by atoms with E-state index in [2.05, 4.69) is 10.6 Å². The summed E-state index contributed by atoms with van der Waals surface area (Å²) in [7, 11) is 3.48. The van der Waals surface area contributed by atoms with Gasteiger partial charge in [-0.3, -0.25) is 14.5 Å². The van der Waals surface area contributed by atoms with Crippen molar-refractivity contribution < 1.29 is 14.4 Å². The summed E-state index contributed by atoms with van der Waals surface area (Å²) >= 11 is 0. The molecule has 1 aliphatic carbocycles. The summed E-state index contributed by atoms with van der Waals surface area (Å²) in [5, 5.41) is 5.76. The number of carbonyl (C=O) groups excluding carboxylic acids is 3. The van der Waals surface area contributed by atoms with E-state index in [1.807, 2.05) is 14.0 Å². The SMILES string of the molecule is CNC(C)CNC(=O)CN1C(=O)N(C)C2(CCCCC2)C1=O.Cl. The topological polar surface area (TPSA) is 81.8 Å². The van der Waals surface area contributed by atoms with Crippen molar-refractivity contribution in [1.82, 2.24) is 20.4 Å². The molecule has 132 valence electrons. The van der Waals surface area contributed by atoms with Crippen molar-refractivity contribution in [3.8, 4) is 0 Å². The van der Waals surface area contributed by atoms with Crippen molar-refractivity contribution in [3.05, 3.63) is 0 Å². The molecule has 0 bridgehead atoms. The van der Waals surface area contributed by atoms with E-state index in [1.165, 1.54) is 4.90 Å².